The second-order valence-electron chi connectivity index (χ2n) is 6.11. The van der Waals surface area contributed by atoms with Gasteiger partial charge in [-0.2, -0.15) is 17.0 Å². The Morgan fingerprint density at radius 1 is 0.958 bits per heavy atom. The van der Waals surface area contributed by atoms with Crippen molar-refractivity contribution in [3.63, 3.8) is 0 Å². The second-order valence-corrected chi connectivity index (χ2v) is 8.44. The maximum absolute atomic E-state index is 12.9. The first kappa shape index (κ1) is 17.4. The highest BCUT2D eigenvalue weighted by molar-refractivity contribution is 7.86. The van der Waals surface area contributed by atoms with Crippen LogP contribution in [0.4, 0.5) is 0 Å². The minimum Gasteiger partial charge on any atom is -0.195 e. The summed E-state index contributed by atoms with van der Waals surface area (Å²) in [6, 6.07) is 15.4. The van der Waals surface area contributed by atoms with Gasteiger partial charge in [0, 0.05) is 31.2 Å². The van der Waals surface area contributed by atoms with Crippen LogP contribution in [-0.2, 0) is 23.3 Å². The predicted octanol–water partition coefficient (Wildman–Crippen LogP) is 3.60. The molecule has 0 aliphatic carbocycles. The van der Waals surface area contributed by atoms with Crippen molar-refractivity contribution >= 4 is 21.8 Å². The van der Waals surface area contributed by atoms with Crippen LogP contribution in [0.2, 0.25) is 5.02 Å². The lowest BCUT2D eigenvalue weighted by Crippen LogP contribution is -2.48. The Kier molecular flexibility index (Phi) is 5.25. The molecule has 1 aliphatic heterocycles. The van der Waals surface area contributed by atoms with E-state index < -0.39 is 10.2 Å². The zero-order chi connectivity index (χ0) is 17.2. The van der Waals surface area contributed by atoms with Crippen molar-refractivity contribution in [2.75, 3.05) is 13.1 Å². The van der Waals surface area contributed by atoms with Crippen LogP contribution in [-0.4, -0.2) is 30.1 Å². The van der Waals surface area contributed by atoms with E-state index in [1.165, 1.54) is 9.87 Å². The molecule has 0 aromatic heterocycles. The molecule has 6 heteroatoms. The maximum atomic E-state index is 12.9. The minimum atomic E-state index is -3.48. The molecule has 24 heavy (non-hydrogen) atoms. The summed E-state index contributed by atoms with van der Waals surface area (Å²) in [4.78, 5) is 0. The van der Waals surface area contributed by atoms with Crippen molar-refractivity contribution in [3.8, 4) is 0 Å². The van der Waals surface area contributed by atoms with Crippen LogP contribution in [0, 0.1) is 6.92 Å². The van der Waals surface area contributed by atoms with Crippen molar-refractivity contribution in [3.05, 3.63) is 70.2 Å². The highest BCUT2D eigenvalue weighted by atomic mass is 35.5. The fraction of sp³-hybridized carbons (Fsp3) is 0.333. The van der Waals surface area contributed by atoms with Gasteiger partial charge in [0.05, 0.1) is 0 Å². The summed E-state index contributed by atoms with van der Waals surface area (Å²) in [6.45, 7) is 3.81. The second kappa shape index (κ2) is 7.23. The molecule has 1 fully saturated rings. The zero-order valence-corrected chi connectivity index (χ0v) is 15.2. The number of rotatable bonds is 4. The largest absolute Gasteiger partial charge is 0.282 e. The van der Waals surface area contributed by atoms with E-state index in [0.717, 1.165) is 17.5 Å². The Hall–Kier alpha value is -1.40. The number of hydrogen-bond acceptors (Lipinski definition) is 2. The van der Waals surface area contributed by atoms with Gasteiger partial charge in [0.2, 0.25) is 0 Å². The lowest BCUT2D eigenvalue weighted by molar-refractivity contribution is 0.276. The van der Waals surface area contributed by atoms with E-state index >= 15 is 0 Å². The van der Waals surface area contributed by atoms with E-state index in [4.69, 9.17) is 11.6 Å². The third-order valence-corrected chi connectivity index (χ3v) is 6.55. The van der Waals surface area contributed by atoms with Crippen LogP contribution in [0.3, 0.4) is 0 Å². The first-order valence-electron chi connectivity index (χ1n) is 8.01. The van der Waals surface area contributed by atoms with Crippen LogP contribution in [0.1, 0.15) is 23.1 Å². The molecular formula is C18H21ClN2O2S. The molecule has 1 aliphatic rings. The van der Waals surface area contributed by atoms with Crippen LogP contribution in [0.15, 0.2) is 48.5 Å². The van der Waals surface area contributed by atoms with E-state index in [2.05, 4.69) is 0 Å². The van der Waals surface area contributed by atoms with Crippen LogP contribution < -0.4 is 0 Å². The summed E-state index contributed by atoms with van der Waals surface area (Å²) in [7, 11) is -3.48. The summed E-state index contributed by atoms with van der Waals surface area (Å²) in [5.74, 6) is 0. The molecule has 0 atom stereocenters. The van der Waals surface area contributed by atoms with Gasteiger partial charge in [0.25, 0.3) is 10.2 Å². The number of benzene rings is 2. The molecule has 0 bridgehead atoms. The lowest BCUT2D eigenvalue weighted by Gasteiger charge is -2.34. The van der Waals surface area contributed by atoms with E-state index in [1.807, 2.05) is 49.4 Å². The van der Waals surface area contributed by atoms with E-state index in [1.54, 1.807) is 10.4 Å². The number of aryl methyl sites for hydroxylation is 1. The van der Waals surface area contributed by atoms with Crippen LogP contribution in [0.25, 0.3) is 0 Å². The first-order chi connectivity index (χ1) is 11.5. The molecule has 1 saturated heterocycles. The SMILES string of the molecule is Cc1ccc(CN2CCCN(Cc3ccccc3Cl)S2(=O)=O)cc1. The molecule has 0 spiro atoms. The molecule has 0 radical (unpaired) electrons. The smallest absolute Gasteiger partial charge is 0.195 e. The predicted molar refractivity (Wildman–Crippen MR) is 97.0 cm³/mol. The quantitative estimate of drug-likeness (QED) is 0.831. The summed E-state index contributed by atoms with van der Waals surface area (Å²) in [5, 5.41) is 0.600. The molecule has 128 valence electrons. The third kappa shape index (κ3) is 3.81. The average molecular weight is 365 g/mol. The maximum Gasteiger partial charge on any atom is 0.282 e. The van der Waals surface area contributed by atoms with Gasteiger partial charge in [-0.15, -0.1) is 0 Å². The van der Waals surface area contributed by atoms with Gasteiger partial charge in [-0.05, 0) is 30.5 Å². The number of nitrogens with zero attached hydrogens (tertiary/aromatic N) is 2. The molecule has 2 aromatic rings. The van der Waals surface area contributed by atoms with Crippen molar-refractivity contribution in [2.24, 2.45) is 0 Å². The third-order valence-electron chi connectivity index (χ3n) is 4.25. The van der Waals surface area contributed by atoms with Gasteiger partial charge >= 0.3 is 0 Å². The number of hydrogen-bond donors (Lipinski definition) is 0. The molecule has 0 N–H and O–H groups in total. The molecule has 4 nitrogen and oxygen atoms in total. The first-order valence-corrected chi connectivity index (χ1v) is 9.78. The normalized spacial score (nSPS) is 18.6. The van der Waals surface area contributed by atoms with Gasteiger partial charge in [0.1, 0.15) is 0 Å². The van der Waals surface area contributed by atoms with E-state index in [9.17, 15) is 8.42 Å². The summed E-state index contributed by atoms with van der Waals surface area (Å²) < 4.78 is 28.9. The monoisotopic (exact) mass is 364 g/mol. The standard InChI is InChI=1S/C18H21ClN2O2S/c1-15-7-9-16(10-8-15)13-20-11-4-12-21(24(20,22)23)14-17-5-2-3-6-18(17)19/h2-3,5-10H,4,11-14H2,1H3. The van der Waals surface area contributed by atoms with Gasteiger partial charge in [0.15, 0.2) is 0 Å². The number of halogens is 1. The van der Waals surface area contributed by atoms with Gasteiger partial charge < -0.3 is 0 Å². The Morgan fingerprint density at radius 3 is 2.25 bits per heavy atom. The van der Waals surface area contributed by atoms with E-state index in [0.29, 0.717) is 31.2 Å². The van der Waals surface area contributed by atoms with E-state index in [-0.39, 0.29) is 0 Å². The molecule has 0 amide bonds. The Balaban J connectivity index is 1.78. The summed E-state index contributed by atoms with van der Waals surface area (Å²) in [5.41, 5.74) is 3.00. The van der Waals surface area contributed by atoms with Crippen molar-refractivity contribution in [1.82, 2.24) is 8.61 Å². The lowest BCUT2D eigenvalue weighted by atomic mass is 10.1. The van der Waals surface area contributed by atoms with Crippen molar-refractivity contribution in [1.29, 1.82) is 0 Å². The van der Waals surface area contributed by atoms with Crippen molar-refractivity contribution < 1.29 is 8.42 Å². The van der Waals surface area contributed by atoms with Gasteiger partial charge in [-0.1, -0.05) is 59.6 Å². The van der Waals surface area contributed by atoms with Crippen LogP contribution in [0.5, 0.6) is 0 Å². The topological polar surface area (TPSA) is 40.6 Å². The van der Waals surface area contributed by atoms with Crippen LogP contribution >= 0.6 is 11.6 Å². The zero-order valence-electron chi connectivity index (χ0n) is 13.7. The van der Waals surface area contributed by atoms with Gasteiger partial charge in [-0.3, -0.25) is 0 Å². The summed E-state index contributed by atoms with van der Waals surface area (Å²) in [6.07, 6.45) is 0.815. The Bertz CT molecular complexity index is 806. The fourth-order valence-corrected chi connectivity index (χ4v) is 4.71. The van der Waals surface area contributed by atoms with Crippen molar-refractivity contribution in [2.45, 2.75) is 26.4 Å². The van der Waals surface area contributed by atoms with Gasteiger partial charge in [-0.25, -0.2) is 0 Å². The molecule has 2 aromatic carbocycles. The fourth-order valence-electron chi connectivity index (χ4n) is 2.85. The Morgan fingerprint density at radius 2 is 1.58 bits per heavy atom. The molecule has 1 heterocycles. The minimum absolute atomic E-state index is 0.312. The average Bonchev–Trinajstić information content (AvgIpc) is 2.55. The molecular weight excluding hydrogens is 344 g/mol. The highest BCUT2D eigenvalue weighted by Gasteiger charge is 2.33. The molecule has 0 saturated carbocycles. The highest BCUT2D eigenvalue weighted by Crippen LogP contribution is 2.24. The Labute approximate surface area is 148 Å². The summed E-state index contributed by atoms with van der Waals surface area (Å²) >= 11 is 6.18. The molecule has 0 unspecified atom stereocenters. The molecule has 3 rings (SSSR count).